The van der Waals surface area contributed by atoms with E-state index in [2.05, 4.69) is 38.3 Å². The van der Waals surface area contributed by atoms with E-state index in [1.54, 1.807) is 11.8 Å². The maximum Gasteiger partial charge on any atom is 0.223 e. The largest absolute Gasteiger partial charge is 0.492 e. The number of benzene rings is 1. The maximum atomic E-state index is 5.84. The van der Waals surface area contributed by atoms with Crippen molar-refractivity contribution in [1.82, 2.24) is 19.9 Å². The van der Waals surface area contributed by atoms with Crippen LogP contribution in [0.15, 0.2) is 33.7 Å². The molecule has 1 aromatic carbocycles. The van der Waals surface area contributed by atoms with Crippen LogP contribution >= 0.6 is 11.8 Å². The first-order valence-electron chi connectivity index (χ1n) is 8.23. The first-order chi connectivity index (χ1) is 11.7. The molecule has 0 N–H and O–H groups in total. The van der Waals surface area contributed by atoms with Crippen molar-refractivity contribution in [3.8, 4) is 5.75 Å². The average Bonchev–Trinajstić information content (AvgIpc) is 3.02. The van der Waals surface area contributed by atoms with Gasteiger partial charge in [-0.3, -0.25) is 9.80 Å². The van der Waals surface area contributed by atoms with E-state index in [0.717, 1.165) is 57.4 Å². The van der Waals surface area contributed by atoms with Gasteiger partial charge in [-0.1, -0.05) is 5.16 Å². The molecule has 2 aromatic rings. The fourth-order valence-corrected chi connectivity index (χ4v) is 3.15. The minimum Gasteiger partial charge on any atom is -0.492 e. The van der Waals surface area contributed by atoms with E-state index >= 15 is 0 Å². The molecule has 0 atom stereocenters. The fraction of sp³-hybridized carbons (Fsp3) is 0.529. The molecule has 7 heteroatoms. The molecule has 0 amide bonds. The Labute approximate surface area is 147 Å². The molecule has 0 spiro atoms. The van der Waals surface area contributed by atoms with Gasteiger partial charge in [0.05, 0.1) is 6.54 Å². The molecular weight excluding hydrogens is 324 g/mol. The number of thioether (sulfide) groups is 1. The molecule has 0 unspecified atom stereocenters. The molecule has 130 valence electrons. The minimum atomic E-state index is 0.631. The van der Waals surface area contributed by atoms with Crippen LogP contribution in [0.5, 0.6) is 5.75 Å². The number of nitrogens with zero attached hydrogens (tertiary/aromatic N) is 4. The Bertz CT molecular complexity index is 624. The van der Waals surface area contributed by atoms with Crippen molar-refractivity contribution < 1.29 is 9.26 Å². The molecule has 0 bridgehead atoms. The molecule has 24 heavy (non-hydrogen) atoms. The van der Waals surface area contributed by atoms with Gasteiger partial charge in [-0.25, -0.2) is 0 Å². The summed E-state index contributed by atoms with van der Waals surface area (Å²) in [4.78, 5) is 10.3. The van der Waals surface area contributed by atoms with Crippen LogP contribution in [0, 0.1) is 6.92 Å². The quantitative estimate of drug-likeness (QED) is 0.712. The first kappa shape index (κ1) is 17.3. The van der Waals surface area contributed by atoms with Crippen LogP contribution in [0.4, 0.5) is 0 Å². The van der Waals surface area contributed by atoms with E-state index in [9.17, 15) is 0 Å². The van der Waals surface area contributed by atoms with Gasteiger partial charge in [0.1, 0.15) is 12.4 Å². The highest BCUT2D eigenvalue weighted by molar-refractivity contribution is 7.98. The Hall–Kier alpha value is -1.57. The Morgan fingerprint density at radius 2 is 1.83 bits per heavy atom. The number of ether oxygens (including phenoxy) is 1. The maximum absolute atomic E-state index is 5.84. The monoisotopic (exact) mass is 348 g/mol. The summed E-state index contributed by atoms with van der Waals surface area (Å²) in [6.45, 7) is 8.41. The first-order valence-corrected chi connectivity index (χ1v) is 9.46. The number of rotatable bonds is 7. The van der Waals surface area contributed by atoms with E-state index in [4.69, 9.17) is 9.26 Å². The molecule has 1 saturated heterocycles. The molecule has 0 radical (unpaired) electrons. The number of hydrogen-bond donors (Lipinski definition) is 0. The third-order valence-corrected chi connectivity index (χ3v) is 4.88. The summed E-state index contributed by atoms with van der Waals surface area (Å²) in [5, 5.41) is 3.96. The minimum absolute atomic E-state index is 0.631. The Morgan fingerprint density at radius 1 is 1.12 bits per heavy atom. The Balaban J connectivity index is 1.34. The van der Waals surface area contributed by atoms with Crippen molar-refractivity contribution in [3.63, 3.8) is 0 Å². The van der Waals surface area contributed by atoms with Gasteiger partial charge in [-0.15, -0.1) is 11.8 Å². The highest BCUT2D eigenvalue weighted by atomic mass is 32.2. The lowest BCUT2D eigenvalue weighted by molar-refractivity contribution is 0.110. The third kappa shape index (κ3) is 4.96. The molecule has 2 heterocycles. The second-order valence-corrected chi connectivity index (χ2v) is 6.75. The predicted octanol–water partition coefficient (Wildman–Crippen LogP) is 2.30. The Morgan fingerprint density at radius 3 is 2.46 bits per heavy atom. The number of hydrogen-bond acceptors (Lipinski definition) is 7. The van der Waals surface area contributed by atoms with E-state index in [0.29, 0.717) is 5.89 Å². The zero-order valence-electron chi connectivity index (χ0n) is 14.3. The highest BCUT2D eigenvalue weighted by Crippen LogP contribution is 2.18. The fourth-order valence-electron chi connectivity index (χ4n) is 2.74. The summed E-state index contributed by atoms with van der Waals surface area (Å²) in [6.07, 6.45) is 2.08. The van der Waals surface area contributed by atoms with Crippen LogP contribution in [0.3, 0.4) is 0 Å². The summed E-state index contributed by atoms with van der Waals surface area (Å²) < 4.78 is 10.9. The van der Waals surface area contributed by atoms with Crippen LogP contribution in [0.1, 0.15) is 11.7 Å². The van der Waals surface area contributed by atoms with Gasteiger partial charge in [0.15, 0.2) is 5.82 Å². The molecule has 0 aliphatic carbocycles. The van der Waals surface area contributed by atoms with Crippen molar-refractivity contribution >= 4 is 11.8 Å². The zero-order valence-corrected chi connectivity index (χ0v) is 15.1. The average molecular weight is 348 g/mol. The van der Waals surface area contributed by atoms with Crippen LogP contribution < -0.4 is 4.74 Å². The number of aromatic nitrogens is 2. The SMILES string of the molecule is CSc1ccc(OCCN2CCN(Cc3noc(C)n3)CC2)cc1. The van der Waals surface area contributed by atoms with Crippen molar-refractivity contribution in [2.45, 2.75) is 18.4 Å². The normalized spacial score (nSPS) is 16.4. The Kier molecular flexibility index (Phi) is 6.12. The highest BCUT2D eigenvalue weighted by Gasteiger charge is 2.18. The van der Waals surface area contributed by atoms with Crippen molar-refractivity contribution in [1.29, 1.82) is 0 Å². The number of piperazine rings is 1. The zero-order chi connectivity index (χ0) is 16.8. The molecule has 1 fully saturated rings. The molecule has 0 saturated carbocycles. The van der Waals surface area contributed by atoms with Gasteiger partial charge >= 0.3 is 0 Å². The number of aryl methyl sites for hydroxylation is 1. The van der Waals surface area contributed by atoms with Crippen LogP contribution in [-0.2, 0) is 6.54 Å². The van der Waals surface area contributed by atoms with E-state index in [-0.39, 0.29) is 0 Å². The molecule has 1 aliphatic heterocycles. The third-order valence-electron chi connectivity index (χ3n) is 4.14. The molecule has 6 nitrogen and oxygen atoms in total. The second kappa shape index (κ2) is 8.50. The summed E-state index contributed by atoms with van der Waals surface area (Å²) >= 11 is 1.74. The topological polar surface area (TPSA) is 54.6 Å². The van der Waals surface area contributed by atoms with Gasteiger partial charge in [-0.2, -0.15) is 4.98 Å². The lowest BCUT2D eigenvalue weighted by Crippen LogP contribution is -2.47. The van der Waals surface area contributed by atoms with Crippen molar-refractivity contribution in [3.05, 3.63) is 36.0 Å². The van der Waals surface area contributed by atoms with E-state index in [1.165, 1.54) is 4.90 Å². The van der Waals surface area contributed by atoms with Crippen LogP contribution in [0.2, 0.25) is 0 Å². The second-order valence-electron chi connectivity index (χ2n) is 5.87. The summed E-state index contributed by atoms with van der Waals surface area (Å²) in [5.74, 6) is 2.35. The van der Waals surface area contributed by atoms with Crippen LogP contribution in [-0.4, -0.2) is 65.5 Å². The van der Waals surface area contributed by atoms with Gasteiger partial charge in [0, 0.05) is 44.5 Å². The summed E-state index contributed by atoms with van der Waals surface area (Å²) in [5.41, 5.74) is 0. The van der Waals surface area contributed by atoms with Crippen LogP contribution in [0.25, 0.3) is 0 Å². The summed E-state index contributed by atoms with van der Waals surface area (Å²) in [7, 11) is 0. The van der Waals surface area contributed by atoms with Gasteiger partial charge in [0.2, 0.25) is 5.89 Å². The molecule has 1 aliphatic rings. The van der Waals surface area contributed by atoms with Gasteiger partial charge in [0.25, 0.3) is 0 Å². The molecular formula is C17H24N4O2S. The summed E-state index contributed by atoms with van der Waals surface area (Å²) in [6, 6.07) is 8.27. The predicted molar refractivity (Wildman–Crippen MR) is 94.5 cm³/mol. The van der Waals surface area contributed by atoms with Gasteiger partial charge in [-0.05, 0) is 30.5 Å². The molecule has 3 rings (SSSR count). The molecule has 1 aromatic heterocycles. The van der Waals surface area contributed by atoms with Gasteiger partial charge < -0.3 is 9.26 Å². The van der Waals surface area contributed by atoms with Crippen molar-refractivity contribution in [2.24, 2.45) is 0 Å². The lowest BCUT2D eigenvalue weighted by Gasteiger charge is -2.33. The van der Waals surface area contributed by atoms with E-state index in [1.807, 2.05) is 19.1 Å². The lowest BCUT2D eigenvalue weighted by atomic mass is 10.3. The van der Waals surface area contributed by atoms with Crippen molar-refractivity contribution in [2.75, 3.05) is 45.6 Å². The smallest absolute Gasteiger partial charge is 0.223 e. The standard InChI is InChI=1S/C17H24N4O2S/c1-14-18-17(19-23-14)13-21-9-7-20(8-10-21)11-12-22-15-3-5-16(24-2)6-4-15/h3-6H,7-13H2,1-2H3. The van der Waals surface area contributed by atoms with E-state index < -0.39 is 0 Å².